The van der Waals surface area contributed by atoms with Crippen LogP contribution in [-0.4, -0.2) is 40.6 Å². The largest absolute Gasteiger partial charge is 0.497 e. The van der Waals surface area contributed by atoms with Gasteiger partial charge in [-0.25, -0.2) is 4.98 Å². The van der Waals surface area contributed by atoms with E-state index >= 15 is 0 Å². The van der Waals surface area contributed by atoms with Crippen LogP contribution in [0.5, 0.6) is 11.5 Å². The van der Waals surface area contributed by atoms with Crippen molar-refractivity contribution in [3.63, 3.8) is 0 Å². The van der Waals surface area contributed by atoms with Crippen molar-refractivity contribution in [3.05, 3.63) is 59.3 Å². The monoisotopic (exact) mass is 452 g/mol. The molecule has 7 nitrogen and oxygen atoms in total. The fourth-order valence-corrected chi connectivity index (χ4v) is 5.89. The summed E-state index contributed by atoms with van der Waals surface area (Å²) < 4.78 is 13.9. The normalized spacial score (nSPS) is 16.0. The van der Waals surface area contributed by atoms with Crippen molar-refractivity contribution >= 4 is 45.0 Å². The number of anilines is 1. The van der Waals surface area contributed by atoms with Gasteiger partial charge in [0.25, 0.3) is 0 Å². The number of methoxy groups -OCH3 is 2. The van der Waals surface area contributed by atoms with E-state index in [0.717, 1.165) is 38.5 Å². The van der Waals surface area contributed by atoms with Crippen LogP contribution in [0.2, 0.25) is 0 Å². The zero-order valence-electron chi connectivity index (χ0n) is 17.2. The van der Waals surface area contributed by atoms with E-state index in [1.54, 1.807) is 42.0 Å². The molecule has 0 bridgehead atoms. The van der Waals surface area contributed by atoms with Gasteiger partial charge in [0.05, 0.1) is 41.1 Å². The topological polar surface area (TPSA) is 78.3 Å². The van der Waals surface area contributed by atoms with Gasteiger partial charge in [-0.05, 0) is 37.3 Å². The number of fused-ring (bicyclic) bond motifs is 2. The molecule has 2 aromatic heterocycles. The Labute approximate surface area is 187 Å². The predicted octanol–water partition coefficient (Wildman–Crippen LogP) is 4.58. The maximum atomic E-state index is 12.6. The van der Waals surface area contributed by atoms with Crippen LogP contribution in [0.4, 0.5) is 5.82 Å². The predicted molar refractivity (Wildman–Crippen MR) is 124 cm³/mol. The fraction of sp³-hybridized carbons (Fsp3) is 0.227. The van der Waals surface area contributed by atoms with Gasteiger partial charge in [0.2, 0.25) is 11.0 Å². The summed E-state index contributed by atoms with van der Waals surface area (Å²) in [5, 5.41) is 8.39. The Morgan fingerprint density at radius 1 is 1.16 bits per heavy atom. The van der Waals surface area contributed by atoms with E-state index in [9.17, 15) is 4.79 Å². The van der Waals surface area contributed by atoms with Crippen LogP contribution in [0.1, 0.15) is 22.1 Å². The SMILES string of the molecule is COc1ccc(OC)c([C@H]2SCC(=O)Nc3c2c(C)nn3-c2nc3ccccc3s2)c1. The lowest BCUT2D eigenvalue weighted by molar-refractivity contribution is -0.113. The van der Waals surface area contributed by atoms with Gasteiger partial charge >= 0.3 is 0 Å². The first kappa shape index (κ1) is 19.9. The summed E-state index contributed by atoms with van der Waals surface area (Å²) in [5.74, 6) is 2.38. The van der Waals surface area contributed by atoms with Gasteiger partial charge in [0.15, 0.2) is 0 Å². The molecule has 1 amide bonds. The van der Waals surface area contributed by atoms with E-state index < -0.39 is 0 Å². The third-order valence-corrected chi connectivity index (χ3v) is 7.45. The molecule has 3 heterocycles. The highest BCUT2D eigenvalue weighted by atomic mass is 32.2. The molecule has 0 aliphatic carbocycles. The van der Waals surface area contributed by atoms with Gasteiger partial charge in [-0.2, -0.15) is 9.78 Å². The van der Waals surface area contributed by atoms with Crippen molar-refractivity contribution < 1.29 is 14.3 Å². The van der Waals surface area contributed by atoms with Crippen LogP contribution in [0, 0.1) is 6.92 Å². The second-order valence-electron chi connectivity index (χ2n) is 7.07. The summed E-state index contributed by atoms with van der Waals surface area (Å²) in [6.45, 7) is 1.96. The van der Waals surface area contributed by atoms with E-state index in [2.05, 4.69) is 5.32 Å². The Kier molecular flexibility index (Phi) is 5.07. The van der Waals surface area contributed by atoms with E-state index in [4.69, 9.17) is 19.6 Å². The minimum atomic E-state index is -0.151. The first-order valence-electron chi connectivity index (χ1n) is 9.68. The summed E-state index contributed by atoms with van der Waals surface area (Å²) in [7, 11) is 3.28. The second kappa shape index (κ2) is 7.90. The van der Waals surface area contributed by atoms with Crippen molar-refractivity contribution in [2.45, 2.75) is 12.2 Å². The van der Waals surface area contributed by atoms with Crippen LogP contribution in [0.25, 0.3) is 15.3 Å². The van der Waals surface area contributed by atoms with E-state index in [0.29, 0.717) is 16.7 Å². The highest BCUT2D eigenvalue weighted by Gasteiger charge is 2.33. The number of rotatable bonds is 4. The Balaban J connectivity index is 1.70. The number of nitrogens with one attached hydrogen (secondary N) is 1. The molecule has 0 radical (unpaired) electrons. The van der Waals surface area contributed by atoms with E-state index in [-0.39, 0.29) is 11.2 Å². The molecule has 2 aromatic carbocycles. The average Bonchev–Trinajstić information content (AvgIpc) is 3.29. The van der Waals surface area contributed by atoms with Crippen molar-refractivity contribution in [1.29, 1.82) is 0 Å². The Morgan fingerprint density at radius 3 is 2.77 bits per heavy atom. The lowest BCUT2D eigenvalue weighted by Crippen LogP contribution is -2.15. The number of ether oxygens (including phenoxy) is 2. The van der Waals surface area contributed by atoms with Crippen LogP contribution in [0.15, 0.2) is 42.5 Å². The Morgan fingerprint density at radius 2 is 2.00 bits per heavy atom. The molecular weight excluding hydrogens is 432 g/mol. The number of amides is 1. The lowest BCUT2D eigenvalue weighted by Gasteiger charge is -2.19. The fourth-order valence-electron chi connectivity index (χ4n) is 3.76. The Hall–Kier alpha value is -3.04. The lowest BCUT2D eigenvalue weighted by atomic mass is 10.0. The number of para-hydroxylation sites is 1. The molecule has 0 saturated carbocycles. The zero-order chi connectivity index (χ0) is 21.5. The average molecular weight is 453 g/mol. The molecule has 1 N–H and O–H groups in total. The van der Waals surface area contributed by atoms with Crippen LogP contribution in [-0.2, 0) is 4.79 Å². The molecule has 0 fully saturated rings. The number of thiazole rings is 1. The van der Waals surface area contributed by atoms with E-state index in [1.807, 2.05) is 49.4 Å². The highest BCUT2D eigenvalue weighted by Crippen LogP contribution is 2.47. The molecule has 31 heavy (non-hydrogen) atoms. The molecule has 1 aliphatic rings. The summed E-state index contributed by atoms with van der Waals surface area (Å²) in [5.41, 5.74) is 3.63. The first-order chi connectivity index (χ1) is 15.1. The number of carbonyl (C=O) groups is 1. The Bertz CT molecular complexity index is 1260. The molecule has 158 valence electrons. The van der Waals surface area contributed by atoms with Crippen molar-refractivity contribution in [3.8, 4) is 16.6 Å². The summed E-state index contributed by atoms with van der Waals surface area (Å²) in [6, 6.07) is 13.7. The van der Waals surface area contributed by atoms with Gasteiger partial charge in [-0.15, -0.1) is 11.8 Å². The summed E-state index contributed by atoms with van der Waals surface area (Å²) >= 11 is 3.09. The zero-order valence-corrected chi connectivity index (χ0v) is 18.8. The number of carbonyl (C=O) groups excluding carboxylic acids is 1. The maximum Gasteiger partial charge on any atom is 0.235 e. The molecule has 1 atom stereocenters. The molecule has 0 saturated heterocycles. The van der Waals surface area contributed by atoms with Crippen molar-refractivity contribution in [1.82, 2.24) is 14.8 Å². The molecule has 1 aliphatic heterocycles. The summed E-state index contributed by atoms with van der Waals surface area (Å²) in [4.78, 5) is 17.4. The molecular formula is C22H20N4O3S2. The van der Waals surface area contributed by atoms with Crippen LogP contribution in [0.3, 0.4) is 0 Å². The van der Waals surface area contributed by atoms with E-state index in [1.165, 1.54) is 0 Å². The minimum absolute atomic E-state index is 0.0714. The van der Waals surface area contributed by atoms with Crippen LogP contribution < -0.4 is 14.8 Å². The number of thioether (sulfide) groups is 1. The van der Waals surface area contributed by atoms with Crippen molar-refractivity contribution in [2.75, 3.05) is 25.3 Å². The quantitative estimate of drug-likeness (QED) is 0.488. The molecule has 4 aromatic rings. The number of aryl methyl sites for hydroxylation is 1. The number of hydrogen-bond donors (Lipinski definition) is 1. The third kappa shape index (κ3) is 3.43. The minimum Gasteiger partial charge on any atom is -0.497 e. The molecule has 9 heteroatoms. The molecule has 5 rings (SSSR count). The van der Waals surface area contributed by atoms with Gasteiger partial charge in [-0.1, -0.05) is 23.5 Å². The van der Waals surface area contributed by atoms with Gasteiger partial charge in [0.1, 0.15) is 17.3 Å². The number of benzene rings is 2. The molecule has 0 spiro atoms. The smallest absolute Gasteiger partial charge is 0.235 e. The van der Waals surface area contributed by atoms with Crippen LogP contribution >= 0.6 is 23.1 Å². The maximum absolute atomic E-state index is 12.6. The third-order valence-electron chi connectivity index (χ3n) is 5.19. The van der Waals surface area contributed by atoms with Gasteiger partial charge < -0.3 is 14.8 Å². The van der Waals surface area contributed by atoms with Gasteiger partial charge in [0, 0.05) is 11.1 Å². The molecule has 0 unspecified atom stereocenters. The highest BCUT2D eigenvalue weighted by molar-refractivity contribution is 8.00. The standard InChI is InChI=1S/C22H20N4O3S2/c1-12-19-20(14-10-13(28-2)8-9-16(14)29-3)30-11-18(27)24-21(19)26(25-12)22-23-15-6-4-5-7-17(15)31-22/h4-10,20H,11H2,1-3H3,(H,24,27)/t20-/m1/s1. The van der Waals surface area contributed by atoms with Gasteiger partial charge in [-0.3, -0.25) is 4.79 Å². The second-order valence-corrected chi connectivity index (χ2v) is 9.17. The number of hydrogen-bond acceptors (Lipinski definition) is 7. The van der Waals surface area contributed by atoms with Crippen molar-refractivity contribution in [2.24, 2.45) is 0 Å². The first-order valence-corrected chi connectivity index (χ1v) is 11.5. The number of aromatic nitrogens is 3. The summed E-state index contributed by atoms with van der Waals surface area (Å²) in [6.07, 6.45) is 0. The number of nitrogens with zero attached hydrogens (tertiary/aromatic N) is 3.